The van der Waals surface area contributed by atoms with Crippen LogP contribution in [0.5, 0.6) is 0 Å². The lowest BCUT2D eigenvalue weighted by Gasteiger charge is -2.05. The molecule has 0 radical (unpaired) electrons. The second-order valence-electron chi connectivity index (χ2n) is 3.39. The lowest BCUT2D eigenvalue weighted by molar-refractivity contribution is 0.105. The van der Waals surface area contributed by atoms with Crippen molar-refractivity contribution in [3.05, 3.63) is 24.2 Å². The van der Waals surface area contributed by atoms with Crippen molar-refractivity contribution < 1.29 is 17.6 Å². The highest BCUT2D eigenvalue weighted by atomic mass is 35.5. The maximum atomic E-state index is 11.2. The van der Waals surface area contributed by atoms with Gasteiger partial charge in [0.2, 0.25) is 10.0 Å². The molecule has 17 heavy (non-hydrogen) atoms. The van der Waals surface area contributed by atoms with Crippen molar-refractivity contribution in [2.45, 2.75) is 13.0 Å². The first-order valence-corrected chi connectivity index (χ1v) is 7.46. The summed E-state index contributed by atoms with van der Waals surface area (Å²) in [6.45, 7) is 1.24. The van der Waals surface area contributed by atoms with E-state index in [4.69, 9.17) is 20.8 Å². The standard InChI is InChI=1S/C10H16ClNO4S/c11-4-8-17(13,14)12-5-2-6-15-9-10-3-1-7-16-10/h1,3,7,12H,2,4-6,8-9H2. The average Bonchev–Trinajstić information content (AvgIpc) is 2.76. The molecule has 0 aliphatic carbocycles. The summed E-state index contributed by atoms with van der Waals surface area (Å²) >= 11 is 5.35. The Balaban J connectivity index is 2.01. The third kappa shape index (κ3) is 6.68. The number of nitrogens with one attached hydrogen (secondary N) is 1. The van der Waals surface area contributed by atoms with Gasteiger partial charge in [-0.05, 0) is 18.6 Å². The maximum Gasteiger partial charge on any atom is 0.212 e. The van der Waals surface area contributed by atoms with Gasteiger partial charge in [-0.2, -0.15) is 0 Å². The lowest BCUT2D eigenvalue weighted by atomic mass is 10.4. The molecular formula is C10H16ClNO4S. The van der Waals surface area contributed by atoms with Crippen LogP contribution >= 0.6 is 11.6 Å². The molecule has 0 aromatic carbocycles. The van der Waals surface area contributed by atoms with E-state index in [-0.39, 0.29) is 11.6 Å². The largest absolute Gasteiger partial charge is 0.467 e. The highest BCUT2D eigenvalue weighted by Gasteiger charge is 2.07. The van der Waals surface area contributed by atoms with Gasteiger partial charge in [-0.3, -0.25) is 0 Å². The second-order valence-corrected chi connectivity index (χ2v) is 5.69. The molecule has 0 spiro atoms. The molecule has 0 saturated carbocycles. The van der Waals surface area contributed by atoms with E-state index in [2.05, 4.69) is 4.72 Å². The molecule has 0 atom stereocenters. The summed E-state index contributed by atoms with van der Waals surface area (Å²) in [6.07, 6.45) is 2.20. The Morgan fingerprint density at radius 1 is 1.47 bits per heavy atom. The fourth-order valence-electron chi connectivity index (χ4n) is 1.14. The van der Waals surface area contributed by atoms with Crippen molar-refractivity contribution in [1.29, 1.82) is 0 Å². The first-order chi connectivity index (χ1) is 8.14. The van der Waals surface area contributed by atoms with Crippen LogP contribution < -0.4 is 4.72 Å². The maximum absolute atomic E-state index is 11.2. The minimum atomic E-state index is -3.22. The van der Waals surface area contributed by atoms with E-state index in [9.17, 15) is 8.42 Å². The number of ether oxygens (including phenoxy) is 1. The average molecular weight is 282 g/mol. The van der Waals surface area contributed by atoms with Crippen molar-refractivity contribution >= 4 is 21.6 Å². The Morgan fingerprint density at radius 2 is 2.29 bits per heavy atom. The van der Waals surface area contributed by atoms with Crippen molar-refractivity contribution in [3.63, 3.8) is 0 Å². The summed E-state index contributed by atoms with van der Waals surface area (Å²) < 4.78 is 35.2. The van der Waals surface area contributed by atoms with Gasteiger partial charge in [-0.25, -0.2) is 13.1 Å². The number of rotatable bonds is 9. The Bertz CT molecular complexity index is 390. The summed E-state index contributed by atoms with van der Waals surface area (Å²) in [5.74, 6) is 0.805. The topological polar surface area (TPSA) is 68.5 Å². The third-order valence-electron chi connectivity index (χ3n) is 1.96. The van der Waals surface area contributed by atoms with E-state index in [1.54, 1.807) is 12.3 Å². The van der Waals surface area contributed by atoms with Crippen LogP contribution in [0.15, 0.2) is 22.8 Å². The van der Waals surface area contributed by atoms with E-state index >= 15 is 0 Å². The van der Waals surface area contributed by atoms with E-state index in [1.807, 2.05) is 6.07 Å². The highest BCUT2D eigenvalue weighted by Crippen LogP contribution is 2.01. The van der Waals surface area contributed by atoms with Crippen molar-refractivity contribution in [2.75, 3.05) is 24.8 Å². The molecule has 98 valence electrons. The Labute approximate surface area is 106 Å². The van der Waals surface area contributed by atoms with Gasteiger partial charge in [0.25, 0.3) is 0 Å². The summed E-state index contributed by atoms with van der Waals surface area (Å²) in [5, 5.41) is 0. The molecule has 0 saturated heterocycles. The fraction of sp³-hybridized carbons (Fsp3) is 0.600. The number of halogens is 1. The quantitative estimate of drug-likeness (QED) is 0.548. The van der Waals surface area contributed by atoms with Crippen LogP contribution in [0.4, 0.5) is 0 Å². The monoisotopic (exact) mass is 281 g/mol. The Kier molecular flexibility index (Phi) is 6.57. The van der Waals surface area contributed by atoms with Crippen LogP contribution in [0.25, 0.3) is 0 Å². The third-order valence-corrected chi connectivity index (χ3v) is 3.76. The minimum absolute atomic E-state index is 0.0538. The zero-order chi connectivity index (χ0) is 12.6. The molecule has 0 fully saturated rings. The number of hydrogen-bond donors (Lipinski definition) is 1. The van der Waals surface area contributed by atoms with Crippen LogP contribution in [0.2, 0.25) is 0 Å². The molecule has 0 aliphatic heterocycles. The van der Waals surface area contributed by atoms with Gasteiger partial charge in [-0.15, -0.1) is 11.6 Å². The number of furan rings is 1. The SMILES string of the molecule is O=S(=O)(CCCl)NCCCOCc1ccco1. The van der Waals surface area contributed by atoms with E-state index in [0.717, 1.165) is 5.76 Å². The zero-order valence-electron chi connectivity index (χ0n) is 9.39. The normalized spacial score (nSPS) is 11.8. The molecule has 1 aromatic rings. The van der Waals surface area contributed by atoms with Gasteiger partial charge in [0.1, 0.15) is 12.4 Å². The molecule has 0 amide bonds. The summed E-state index contributed by atoms with van der Waals surface area (Å²) in [4.78, 5) is 0. The van der Waals surface area contributed by atoms with Crippen molar-refractivity contribution in [3.8, 4) is 0 Å². The molecule has 7 heteroatoms. The van der Waals surface area contributed by atoms with E-state index in [0.29, 0.717) is 26.2 Å². The van der Waals surface area contributed by atoms with Crippen molar-refractivity contribution in [2.24, 2.45) is 0 Å². The van der Waals surface area contributed by atoms with E-state index in [1.165, 1.54) is 0 Å². The first-order valence-electron chi connectivity index (χ1n) is 5.27. The Hall–Kier alpha value is -0.560. The molecule has 0 aliphatic rings. The smallest absolute Gasteiger partial charge is 0.212 e. The summed E-state index contributed by atoms with van der Waals surface area (Å²) in [5.41, 5.74) is 0. The van der Waals surface area contributed by atoms with Gasteiger partial charge in [0, 0.05) is 19.0 Å². The minimum Gasteiger partial charge on any atom is -0.467 e. The predicted octanol–water partition coefficient (Wildman–Crippen LogP) is 1.34. The van der Waals surface area contributed by atoms with Gasteiger partial charge in [0.05, 0.1) is 12.0 Å². The van der Waals surface area contributed by atoms with Crippen LogP contribution in [-0.4, -0.2) is 33.2 Å². The lowest BCUT2D eigenvalue weighted by Crippen LogP contribution is -2.28. The molecular weight excluding hydrogens is 266 g/mol. The van der Waals surface area contributed by atoms with Crippen LogP contribution in [-0.2, 0) is 21.4 Å². The Morgan fingerprint density at radius 3 is 2.94 bits per heavy atom. The van der Waals surface area contributed by atoms with E-state index < -0.39 is 10.0 Å². The fourth-order valence-corrected chi connectivity index (χ4v) is 2.56. The van der Waals surface area contributed by atoms with Gasteiger partial charge in [-0.1, -0.05) is 0 Å². The molecule has 1 rings (SSSR count). The number of sulfonamides is 1. The highest BCUT2D eigenvalue weighted by molar-refractivity contribution is 7.89. The van der Waals surface area contributed by atoms with Crippen molar-refractivity contribution in [1.82, 2.24) is 4.72 Å². The van der Waals surface area contributed by atoms with Gasteiger partial charge >= 0.3 is 0 Å². The van der Waals surface area contributed by atoms with Gasteiger partial charge in [0.15, 0.2) is 0 Å². The molecule has 0 bridgehead atoms. The summed E-state index contributed by atoms with van der Waals surface area (Å²) in [7, 11) is -3.22. The van der Waals surface area contributed by atoms with Crippen LogP contribution in [0.3, 0.4) is 0 Å². The summed E-state index contributed by atoms with van der Waals surface area (Å²) in [6, 6.07) is 3.61. The first kappa shape index (κ1) is 14.5. The van der Waals surface area contributed by atoms with Crippen LogP contribution in [0.1, 0.15) is 12.2 Å². The molecule has 0 unspecified atom stereocenters. The predicted molar refractivity (Wildman–Crippen MR) is 65.5 cm³/mol. The van der Waals surface area contributed by atoms with Crippen LogP contribution in [0, 0.1) is 0 Å². The number of hydrogen-bond acceptors (Lipinski definition) is 4. The molecule has 1 aromatic heterocycles. The molecule has 1 heterocycles. The molecule has 5 nitrogen and oxygen atoms in total. The van der Waals surface area contributed by atoms with Gasteiger partial charge < -0.3 is 9.15 Å². The zero-order valence-corrected chi connectivity index (χ0v) is 11.0. The second kappa shape index (κ2) is 7.71. The number of alkyl halides is 1. The molecule has 1 N–H and O–H groups in total.